The second kappa shape index (κ2) is 11.4. The molecule has 0 spiro atoms. The maximum absolute atomic E-state index is 12.9. The monoisotopic (exact) mass is 500 g/mol. The molecule has 0 fully saturated rings. The van der Waals surface area contributed by atoms with Crippen LogP contribution in [0.4, 0.5) is 0 Å². The van der Waals surface area contributed by atoms with Crippen LogP contribution in [0.15, 0.2) is 46.9 Å². The van der Waals surface area contributed by atoms with Crippen molar-refractivity contribution in [2.45, 2.75) is 32.9 Å². The van der Waals surface area contributed by atoms with Gasteiger partial charge in [0.1, 0.15) is 11.8 Å². The van der Waals surface area contributed by atoms with E-state index in [2.05, 4.69) is 21.2 Å². The zero-order valence-corrected chi connectivity index (χ0v) is 19.4. The van der Waals surface area contributed by atoms with Crippen molar-refractivity contribution in [3.8, 4) is 5.75 Å². The lowest BCUT2D eigenvalue weighted by molar-refractivity contribution is -0.142. The normalized spacial score (nSPS) is 11.6. The molecule has 2 aromatic rings. The highest BCUT2D eigenvalue weighted by atomic mass is 79.9. The smallest absolute Gasteiger partial charge is 0.261 e. The fourth-order valence-electron chi connectivity index (χ4n) is 2.58. The van der Waals surface area contributed by atoms with Gasteiger partial charge in [-0.25, -0.2) is 0 Å². The van der Waals surface area contributed by atoms with Gasteiger partial charge in [-0.2, -0.15) is 0 Å². The summed E-state index contributed by atoms with van der Waals surface area (Å²) in [5.41, 5.74) is 0.866. The molecule has 0 aliphatic heterocycles. The molecule has 0 radical (unpaired) electrons. The number of carbonyl (C=O) groups is 2. The van der Waals surface area contributed by atoms with Crippen molar-refractivity contribution in [3.63, 3.8) is 0 Å². The van der Waals surface area contributed by atoms with Crippen molar-refractivity contribution in [3.05, 3.63) is 62.5 Å². The Morgan fingerprint density at radius 2 is 1.79 bits per heavy atom. The van der Waals surface area contributed by atoms with Gasteiger partial charge in [0.2, 0.25) is 5.91 Å². The highest BCUT2D eigenvalue weighted by Crippen LogP contribution is 2.28. The number of halogens is 3. The fraction of sp³-hybridized carbons (Fsp3) is 0.333. The molecular formula is C21H23BrCl2N2O3. The van der Waals surface area contributed by atoms with E-state index in [9.17, 15) is 9.59 Å². The Labute approximate surface area is 189 Å². The lowest BCUT2D eigenvalue weighted by Gasteiger charge is -2.28. The fourth-order valence-corrected chi connectivity index (χ4v) is 3.50. The molecule has 0 heterocycles. The number of amides is 2. The van der Waals surface area contributed by atoms with Crippen molar-refractivity contribution in [1.29, 1.82) is 0 Å². The highest BCUT2D eigenvalue weighted by Gasteiger charge is 2.26. The predicted molar refractivity (Wildman–Crippen MR) is 119 cm³/mol. The molecule has 2 amide bonds. The zero-order chi connectivity index (χ0) is 21.4. The lowest BCUT2D eigenvalue weighted by atomic mass is 10.1. The number of nitrogens with zero attached hydrogens (tertiary/aromatic N) is 1. The van der Waals surface area contributed by atoms with E-state index in [1.165, 1.54) is 4.90 Å². The minimum atomic E-state index is -0.651. The van der Waals surface area contributed by atoms with Crippen LogP contribution in [-0.2, 0) is 16.1 Å². The van der Waals surface area contributed by atoms with E-state index < -0.39 is 6.04 Å². The first-order valence-corrected chi connectivity index (χ1v) is 10.8. The Morgan fingerprint density at radius 1 is 1.14 bits per heavy atom. The van der Waals surface area contributed by atoms with Crippen LogP contribution < -0.4 is 10.1 Å². The van der Waals surface area contributed by atoms with Crippen LogP contribution in [0.25, 0.3) is 0 Å². The number of rotatable bonds is 9. The summed E-state index contributed by atoms with van der Waals surface area (Å²) in [6, 6.07) is 11.6. The summed E-state index contributed by atoms with van der Waals surface area (Å²) in [6.45, 7) is 4.29. The van der Waals surface area contributed by atoms with Gasteiger partial charge in [-0.1, -0.05) is 42.3 Å². The molecule has 5 nitrogen and oxygen atoms in total. The third-order valence-corrected chi connectivity index (χ3v) is 5.33. The first-order chi connectivity index (χ1) is 13.8. The Hall–Kier alpha value is -1.76. The number of carbonyl (C=O) groups excluding carboxylic acids is 2. The van der Waals surface area contributed by atoms with E-state index in [1.807, 2.05) is 19.1 Å². The molecular weight excluding hydrogens is 479 g/mol. The predicted octanol–water partition coefficient (Wildman–Crippen LogP) is 5.08. The first-order valence-electron chi connectivity index (χ1n) is 9.21. The van der Waals surface area contributed by atoms with Gasteiger partial charge in [-0.05, 0) is 65.2 Å². The second-order valence-corrected chi connectivity index (χ2v) is 8.21. The van der Waals surface area contributed by atoms with Crippen molar-refractivity contribution in [2.75, 3.05) is 13.2 Å². The van der Waals surface area contributed by atoms with E-state index in [-0.39, 0.29) is 25.0 Å². The molecule has 29 heavy (non-hydrogen) atoms. The summed E-state index contributed by atoms with van der Waals surface area (Å²) >= 11 is 15.2. The molecule has 0 unspecified atom stereocenters. The van der Waals surface area contributed by atoms with Crippen molar-refractivity contribution in [2.24, 2.45) is 0 Å². The lowest BCUT2D eigenvalue weighted by Crippen LogP contribution is -2.49. The van der Waals surface area contributed by atoms with E-state index in [4.69, 9.17) is 27.9 Å². The third kappa shape index (κ3) is 7.21. The number of ether oxygens (including phenoxy) is 1. The molecule has 0 aliphatic rings. The van der Waals surface area contributed by atoms with E-state index >= 15 is 0 Å². The van der Waals surface area contributed by atoms with Crippen LogP contribution in [-0.4, -0.2) is 35.9 Å². The maximum atomic E-state index is 12.9. The Balaban J connectivity index is 2.14. The topological polar surface area (TPSA) is 58.6 Å². The Bertz CT molecular complexity index is 846. The molecule has 0 bridgehead atoms. The molecule has 2 aromatic carbocycles. The largest absolute Gasteiger partial charge is 0.483 e. The molecule has 0 aliphatic carbocycles. The standard InChI is InChI=1S/C21H23BrCl2N2O3/c1-3-10-25-21(28)14(2)26(12-15-4-6-16(23)7-5-15)20(27)13-29-19-9-8-17(24)11-18(19)22/h4-9,11,14H,3,10,12-13H2,1-2H3,(H,25,28)/t14-/m1/s1. The summed E-state index contributed by atoms with van der Waals surface area (Å²) in [6.07, 6.45) is 0.817. The minimum absolute atomic E-state index is 0.207. The van der Waals surface area contributed by atoms with Crippen molar-refractivity contribution >= 4 is 50.9 Å². The van der Waals surface area contributed by atoms with Crippen LogP contribution >= 0.6 is 39.1 Å². The molecule has 2 rings (SSSR count). The van der Waals surface area contributed by atoms with Gasteiger partial charge >= 0.3 is 0 Å². The minimum Gasteiger partial charge on any atom is -0.483 e. The van der Waals surface area contributed by atoms with Gasteiger partial charge < -0.3 is 15.0 Å². The molecule has 156 valence electrons. The Kier molecular flexibility index (Phi) is 9.27. The average Bonchev–Trinajstić information content (AvgIpc) is 2.70. The van der Waals surface area contributed by atoms with Crippen LogP contribution in [0.1, 0.15) is 25.8 Å². The summed E-state index contributed by atoms with van der Waals surface area (Å²) < 4.78 is 6.30. The van der Waals surface area contributed by atoms with Crippen molar-refractivity contribution < 1.29 is 14.3 Å². The number of hydrogen-bond donors (Lipinski definition) is 1. The van der Waals surface area contributed by atoms with Gasteiger partial charge in [0.15, 0.2) is 6.61 Å². The van der Waals surface area contributed by atoms with Crippen LogP contribution in [0.2, 0.25) is 10.0 Å². The first kappa shape index (κ1) is 23.5. The van der Waals surface area contributed by atoms with Crippen molar-refractivity contribution in [1.82, 2.24) is 10.2 Å². The van der Waals surface area contributed by atoms with Crippen LogP contribution in [0, 0.1) is 0 Å². The van der Waals surface area contributed by atoms with Crippen LogP contribution in [0.3, 0.4) is 0 Å². The number of nitrogens with one attached hydrogen (secondary N) is 1. The summed E-state index contributed by atoms with van der Waals surface area (Å²) in [5, 5.41) is 4.00. The number of hydrogen-bond acceptors (Lipinski definition) is 3. The highest BCUT2D eigenvalue weighted by molar-refractivity contribution is 9.10. The third-order valence-electron chi connectivity index (χ3n) is 4.23. The quantitative estimate of drug-likeness (QED) is 0.521. The van der Waals surface area contributed by atoms with Gasteiger partial charge in [-0.15, -0.1) is 0 Å². The molecule has 1 N–H and O–H groups in total. The summed E-state index contributed by atoms with van der Waals surface area (Å²) in [7, 11) is 0. The van der Waals surface area contributed by atoms with Gasteiger partial charge in [0, 0.05) is 23.1 Å². The van der Waals surface area contributed by atoms with E-state index in [0.717, 1.165) is 12.0 Å². The summed E-state index contributed by atoms with van der Waals surface area (Å²) in [5.74, 6) is -0.0138. The molecule has 1 atom stereocenters. The number of benzene rings is 2. The molecule has 8 heteroatoms. The molecule has 0 aromatic heterocycles. The van der Waals surface area contributed by atoms with E-state index in [1.54, 1.807) is 37.3 Å². The van der Waals surface area contributed by atoms with Gasteiger partial charge in [-0.3, -0.25) is 9.59 Å². The maximum Gasteiger partial charge on any atom is 0.261 e. The SMILES string of the molecule is CCCNC(=O)[C@@H](C)N(Cc1ccc(Cl)cc1)C(=O)COc1ccc(Cl)cc1Br. The summed E-state index contributed by atoms with van der Waals surface area (Å²) in [4.78, 5) is 26.9. The average molecular weight is 502 g/mol. The molecule has 0 saturated carbocycles. The van der Waals surface area contributed by atoms with E-state index in [0.29, 0.717) is 26.8 Å². The molecule has 0 saturated heterocycles. The van der Waals surface area contributed by atoms with Crippen LogP contribution in [0.5, 0.6) is 5.75 Å². The Morgan fingerprint density at radius 3 is 2.41 bits per heavy atom. The van der Waals surface area contributed by atoms with Gasteiger partial charge in [0.25, 0.3) is 5.91 Å². The second-order valence-electron chi connectivity index (χ2n) is 6.48. The van der Waals surface area contributed by atoms with Gasteiger partial charge in [0.05, 0.1) is 4.47 Å². The zero-order valence-electron chi connectivity index (χ0n) is 16.3.